The molecule has 0 spiro atoms. The highest BCUT2D eigenvalue weighted by atomic mass is 16.6. The van der Waals surface area contributed by atoms with Gasteiger partial charge in [0, 0.05) is 0 Å². The maximum Gasteiger partial charge on any atom is 0.120 e. The van der Waals surface area contributed by atoms with E-state index in [2.05, 4.69) is 30.3 Å². The Kier molecular flexibility index (Phi) is 2.96. The fraction of sp³-hybridized carbons (Fsp3) is 0.333. The van der Waals surface area contributed by atoms with Crippen LogP contribution in [-0.2, 0) is 17.8 Å². The zero-order chi connectivity index (χ0) is 13.4. The van der Waals surface area contributed by atoms with Gasteiger partial charge in [-0.25, -0.2) is 0 Å². The van der Waals surface area contributed by atoms with E-state index in [1.807, 2.05) is 18.2 Å². The van der Waals surface area contributed by atoms with E-state index in [-0.39, 0.29) is 0 Å². The summed E-state index contributed by atoms with van der Waals surface area (Å²) in [5.74, 6) is 0.965. The molecule has 1 aliphatic heterocycles. The van der Waals surface area contributed by atoms with Crippen molar-refractivity contribution < 1.29 is 9.47 Å². The summed E-state index contributed by atoms with van der Waals surface area (Å²) in [6.45, 7) is 0.627. The highest BCUT2D eigenvalue weighted by molar-refractivity contribution is 5.40. The number of benzene rings is 2. The lowest BCUT2D eigenvalue weighted by Gasteiger charge is -2.11. The molecule has 0 bridgehead atoms. The summed E-state index contributed by atoms with van der Waals surface area (Å²) in [4.78, 5) is 0. The Bertz CT molecular complexity index is 606. The number of aryl methyl sites for hydroxylation is 1. The maximum atomic E-state index is 5.91. The van der Waals surface area contributed by atoms with Crippen molar-refractivity contribution in [3.8, 4) is 5.75 Å². The first-order valence-electron chi connectivity index (χ1n) is 7.35. The molecule has 2 aromatic rings. The first-order valence-corrected chi connectivity index (χ1v) is 7.35. The molecular formula is C18H18O2. The van der Waals surface area contributed by atoms with Crippen molar-refractivity contribution in [3.05, 3.63) is 65.2 Å². The van der Waals surface area contributed by atoms with Crippen molar-refractivity contribution in [2.75, 3.05) is 0 Å². The molecule has 0 aromatic heterocycles. The number of hydrogen-bond donors (Lipinski definition) is 0. The van der Waals surface area contributed by atoms with Gasteiger partial charge >= 0.3 is 0 Å². The molecule has 0 radical (unpaired) electrons. The summed E-state index contributed by atoms with van der Waals surface area (Å²) in [5.41, 5.74) is 3.98. The molecule has 1 saturated heterocycles. The van der Waals surface area contributed by atoms with Gasteiger partial charge in [-0.3, -0.25) is 0 Å². The zero-order valence-corrected chi connectivity index (χ0v) is 11.4. The lowest BCUT2D eigenvalue weighted by atomic mass is 10.0. The summed E-state index contributed by atoms with van der Waals surface area (Å²) >= 11 is 0. The average Bonchev–Trinajstić information content (AvgIpc) is 3.26. The molecule has 0 N–H and O–H groups in total. The predicted molar refractivity (Wildman–Crippen MR) is 77.8 cm³/mol. The van der Waals surface area contributed by atoms with E-state index >= 15 is 0 Å². The van der Waals surface area contributed by atoms with Crippen molar-refractivity contribution in [1.82, 2.24) is 0 Å². The van der Waals surface area contributed by atoms with Crippen LogP contribution < -0.4 is 4.74 Å². The number of ether oxygens (including phenoxy) is 2. The van der Waals surface area contributed by atoms with Crippen molar-refractivity contribution in [2.45, 2.75) is 38.1 Å². The van der Waals surface area contributed by atoms with Crippen molar-refractivity contribution in [3.63, 3.8) is 0 Å². The van der Waals surface area contributed by atoms with Gasteiger partial charge in [0.2, 0.25) is 0 Å². The van der Waals surface area contributed by atoms with Crippen LogP contribution in [0.25, 0.3) is 0 Å². The van der Waals surface area contributed by atoms with Crippen LogP contribution in [0.2, 0.25) is 0 Å². The third kappa shape index (κ3) is 2.32. The molecular weight excluding hydrogens is 248 g/mol. The van der Waals surface area contributed by atoms with Crippen LogP contribution in [0, 0.1) is 0 Å². The smallest absolute Gasteiger partial charge is 0.120 e. The van der Waals surface area contributed by atoms with Gasteiger partial charge in [-0.05, 0) is 48.1 Å². The van der Waals surface area contributed by atoms with Gasteiger partial charge in [-0.15, -0.1) is 0 Å². The minimum atomic E-state index is 0.357. The van der Waals surface area contributed by atoms with E-state index in [0.29, 0.717) is 18.8 Å². The highest BCUT2D eigenvalue weighted by Gasteiger charge is 2.42. The van der Waals surface area contributed by atoms with Gasteiger partial charge < -0.3 is 9.47 Å². The lowest BCUT2D eigenvalue weighted by molar-refractivity contribution is 0.305. The Morgan fingerprint density at radius 2 is 2.00 bits per heavy atom. The van der Waals surface area contributed by atoms with Crippen LogP contribution in [0.1, 0.15) is 35.6 Å². The molecule has 2 atom stereocenters. The first kappa shape index (κ1) is 12.0. The average molecular weight is 266 g/mol. The molecule has 1 aliphatic carbocycles. The van der Waals surface area contributed by atoms with Gasteiger partial charge in [0.05, 0.1) is 6.10 Å². The molecule has 4 rings (SSSR count). The topological polar surface area (TPSA) is 21.8 Å². The van der Waals surface area contributed by atoms with Gasteiger partial charge in [0.15, 0.2) is 0 Å². The Balaban J connectivity index is 1.51. The number of rotatable bonds is 3. The Labute approximate surface area is 119 Å². The molecule has 0 amide bonds. The fourth-order valence-corrected chi connectivity index (χ4v) is 3.04. The SMILES string of the molecule is c1ccc(COc2ccc3c(c2)CCCC2O[C@H]32)cc1. The predicted octanol–water partition coefficient (Wildman–Crippen LogP) is 4.04. The quantitative estimate of drug-likeness (QED) is 0.782. The second kappa shape index (κ2) is 4.95. The summed E-state index contributed by atoms with van der Waals surface area (Å²) in [6.07, 6.45) is 4.40. The van der Waals surface area contributed by atoms with Gasteiger partial charge in [-0.1, -0.05) is 36.4 Å². The van der Waals surface area contributed by atoms with Crippen LogP contribution in [0.15, 0.2) is 48.5 Å². The normalized spacial score (nSPS) is 23.4. The first-order chi connectivity index (χ1) is 9.90. The molecule has 1 fully saturated rings. The highest BCUT2D eigenvalue weighted by Crippen LogP contribution is 2.46. The van der Waals surface area contributed by atoms with Gasteiger partial charge in [0.25, 0.3) is 0 Å². The van der Waals surface area contributed by atoms with Crippen LogP contribution >= 0.6 is 0 Å². The molecule has 2 aromatic carbocycles. The van der Waals surface area contributed by atoms with Gasteiger partial charge in [0.1, 0.15) is 18.5 Å². The molecule has 1 unspecified atom stereocenters. The molecule has 2 nitrogen and oxygen atoms in total. The second-order valence-corrected chi connectivity index (χ2v) is 5.62. The summed E-state index contributed by atoms with van der Waals surface area (Å²) in [5, 5.41) is 0. The molecule has 102 valence electrons. The van der Waals surface area contributed by atoms with E-state index in [1.54, 1.807) is 0 Å². The standard InChI is InChI=1S/C18H18O2/c1-2-5-13(6-3-1)12-19-15-9-10-16-14(11-15)7-4-8-17-18(16)20-17/h1-3,5-6,9-11,17-18H,4,7-8,12H2/t17?,18-/m1/s1. The zero-order valence-electron chi connectivity index (χ0n) is 11.4. The number of epoxide rings is 1. The molecule has 2 aliphatic rings. The third-order valence-electron chi connectivity index (χ3n) is 4.19. The number of hydrogen-bond acceptors (Lipinski definition) is 2. The maximum absolute atomic E-state index is 5.91. The van der Waals surface area contributed by atoms with Crippen molar-refractivity contribution in [1.29, 1.82) is 0 Å². The molecule has 2 heteroatoms. The lowest BCUT2D eigenvalue weighted by Crippen LogP contribution is -1.97. The molecule has 20 heavy (non-hydrogen) atoms. The van der Waals surface area contributed by atoms with Crippen LogP contribution in [0.5, 0.6) is 5.75 Å². The summed E-state index contributed by atoms with van der Waals surface area (Å²) in [6, 6.07) is 16.7. The van der Waals surface area contributed by atoms with Crippen LogP contribution in [-0.4, -0.2) is 6.10 Å². The van der Waals surface area contributed by atoms with E-state index in [4.69, 9.17) is 9.47 Å². The minimum absolute atomic E-state index is 0.357. The van der Waals surface area contributed by atoms with E-state index < -0.39 is 0 Å². The van der Waals surface area contributed by atoms with E-state index in [9.17, 15) is 0 Å². The Morgan fingerprint density at radius 1 is 1.10 bits per heavy atom. The second-order valence-electron chi connectivity index (χ2n) is 5.62. The summed E-state index contributed by atoms with van der Waals surface area (Å²) < 4.78 is 11.6. The van der Waals surface area contributed by atoms with Crippen LogP contribution in [0.4, 0.5) is 0 Å². The van der Waals surface area contributed by atoms with Crippen molar-refractivity contribution >= 4 is 0 Å². The number of fused-ring (bicyclic) bond motifs is 3. The summed E-state index contributed by atoms with van der Waals surface area (Å²) in [7, 11) is 0. The van der Waals surface area contributed by atoms with Crippen molar-refractivity contribution in [2.24, 2.45) is 0 Å². The minimum Gasteiger partial charge on any atom is -0.489 e. The van der Waals surface area contributed by atoms with E-state index in [0.717, 1.165) is 12.2 Å². The van der Waals surface area contributed by atoms with E-state index in [1.165, 1.54) is 29.5 Å². The monoisotopic (exact) mass is 266 g/mol. The molecule has 0 saturated carbocycles. The Hall–Kier alpha value is -1.80. The third-order valence-corrected chi connectivity index (χ3v) is 4.19. The fourth-order valence-electron chi connectivity index (χ4n) is 3.04. The largest absolute Gasteiger partial charge is 0.489 e. The van der Waals surface area contributed by atoms with Gasteiger partial charge in [-0.2, -0.15) is 0 Å². The van der Waals surface area contributed by atoms with Crippen LogP contribution in [0.3, 0.4) is 0 Å². The Morgan fingerprint density at radius 3 is 2.90 bits per heavy atom. The molecule has 1 heterocycles.